The third-order valence-corrected chi connectivity index (χ3v) is 4.54. The van der Waals surface area contributed by atoms with Gasteiger partial charge in [-0.25, -0.2) is 5.43 Å². The number of nitrogens with one attached hydrogen (secondary N) is 2. The molecule has 0 bridgehead atoms. The smallest absolute Gasteiger partial charge is 0.240 e. The van der Waals surface area contributed by atoms with Gasteiger partial charge in [-0.05, 0) is 35.9 Å². The van der Waals surface area contributed by atoms with Gasteiger partial charge in [0.15, 0.2) is 0 Å². The summed E-state index contributed by atoms with van der Waals surface area (Å²) in [6, 6.07) is 19.0. The van der Waals surface area contributed by atoms with Crippen LogP contribution in [-0.4, -0.2) is 24.6 Å². The molecule has 0 saturated carbocycles. The maximum atomic E-state index is 12.1. The van der Waals surface area contributed by atoms with Crippen LogP contribution < -0.4 is 15.5 Å². The fourth-order valence-corrected chi connectivity index (χ4v) is 2.97. The summed E-state index contributed by atoms with van der Waals surface area (Å²) in [5.41, 5.74) is 4.98. The van der Waals surface area contributed by atoms with Crippen molar-refractivity contribution in [1.82, 2.24) is 5.43 Å². The van der Waals surface area contributed by atoms with Crippen molar-refractivity contribution in [2.75, 3.05) is 11.9 Å². The summed E-state index contributed by atoms with van der Waals surface area (Å²) in [6.45, 7) is 2.10. The number of ether oxygens (including phenoxy) is 1. The summed E-state index contributed by atoms with van der Waals surface area (Å²) in [6.07, 6.45) is 6.89. The molecule has 0 radical (unpaired) electrons. The van der Waals surface area contributed by atoms with Gasteiger partial charge in [0.05, 0.1) is 6.21 Å². The lowest BCUT2D eigenvalue weighted by atomic mass is 10.0. The van der Waals surface area contributed by atoms with Gasteiger partial charge in [-0.15, -0.1) is 6.42 Å². The van der Waals surface area contributed by atoms with E-state index in [0.29, 0.717) is 17.0 Å². The first kappa shape index (κ1) is 21.6. The van der Waals surface area contributed by atoms with Crippen molar-refractivity contribution in [3.05, 3.63) is 71.8 Å². The molecule has 0 heterocycles. The summed E-state index contributed by atoms with van der Waals surface area (Å²) >= 11 is 0. The molecule has 6 heteroatoms. The Labute approximate surface area is 181 Å². The van der Waals surface area contributed by atoms with Crippen LogP contribution in [0.4, 0.5) is 5.69 Å². The summed E-state index contributed by atoms with van der Waals surface area (Å²) < 4.78 is 5.60. The Balaban J connectivity index is 1.59. The molecule has 0 aliphatic rings. The van der Waals surface area contributed by atoms with E-state index in [0.717, 1.165) is 16.3 Å². The Morgan fingerprint density at radius 2 is 1.77 bits per heavy atom. The van der Waals surface area contributed by atoms with E-state index in [-0.39, 0.29) is 31.3 Å². The quantitative estimate of drug-likeness (QED) is 0.332. The monoisotopic (exact) mass is 413 g/mol. The molecule has 156 valence electrons. The van der Waals surface area contributed by atoms with E-state index in [9.17, 15) is 9.59 Å². The molecule has 31 heavy (non-hydrogen) atoms. The van der Waals surface area contributed by atoms with Gasteiger partial charge in [-0.2, -0.15) is 5.10 Å². The number of carbonyl (C=O) groups excluding carboxylic acids is 2. The van der Waals surface area contributed by atoms with Gasteiger partial charge in [-0.1, -0.05) is 53.9 Å². The minimum absolute atomic E-state index is 0.0189. The van der Waals surface area contributed by atoms with Gasteiger partial charge in [0.1, 0.15) is 12.4 Å². The number of aryl methyl sites for hydroxylation is 1. The van der Waals surface area contributed by atoms with Crippen LogP contribution in [0, 0.1) is 19.3 Å². The molecule has 2 N–H and O–H groups in total. The molecule has 0 aromatic heterocycles. The highest BCUT2D eigenvalue weighted by molar-refractivity contribution is 6.02. The van der Waals surface area contributed by atoms with Crippen molar-refractivity contribution in [3.8, 4) is 18.1 Å². The Morgan fingerprint density at radius 3 is 2.55 bits per heavy atom. The third kappa shape index (κ3) is 6.18. The zero-order chi connectivity index (χ0) is 22.1. The summed E-state index contributed by atoms with van der Waals surface area (Å²) in [5.74, 6) is 2.42. The zero-order valence-electron chi connectivity index (χ0n) is 17.2. The number of carbonyl (C=O) groups is 2. The summed E-state index contributed by atoms with van der Waals surface area (Å²) in [5, 5.41) is 8.74. The van der Waals surface area contributed by atoms with Crippen molar-refractivity contribution in [3.63, 3.8) is 0 Å². The molecule has 0 unspecified atom stereocenters. The number of terminal acetylenes is 1. The standard InChI is InChI=1S/C25H23N3O3/c1-3-16-31-23-13-10-19-6-4-5-7-21(19)22(23)17-26-28-25(30)15-14-24(29)27-20-11-8-18(2)9-12-20/h1,4-13,17H,14-16H2,2H3,(H,27,29)(H,28,30). The number of rotatable bonds is 8. The van der Waals surface area contributed by atoms with E-state index in [4.69, 9.17) is 11.2 Å². The van der Waals surface area contributed by atoms with E-state index in [1.807, 2.05) is 67.6 Å². The highest BCUT2D eigenvalue weighted by Crippen LogP contribution is 2.26. The largest absolute Gasteiger partial charge is 0.480 e. The third-order valence-electron chi connectivity index (χ3n) is 4.54. The average Bonchev–Trinajstić information content (AvgIpc) is 2.78. The van der Waals surface area contributed by atoms with Crippen LogP contribution in [0.5, 0.6) is 5.75 Å². The minimum atomic E-state index is -0.360. The highest BCUT2D eigenvalue weighted by atomic mass is 16.5. The van der Waals surface area contributed by atoms with E-state index in [1.54, 1.807) is 0 Å². The molecule has 0 atom stereocenters. The summed E-state index contributed by atoms with van der Waals surface area (Å²) in [4.78, 5) is 24.1. The second kappa shape index (κ2) is 10.6. The van der Waals surface area contributed by atoms with Gasteiger partial charge >= 0.3 is 0 Å². The van der Waals surface area contributed by atoms with Crippen molar-refractivity contribution in [1.29, 1.82) is 0 Å². The van der Waals surface area contributed by atoms with Crippen LogP contribution in [0.15, 0.2) is 65.8 Å². The second-order valence-electron chi connectivity index (χ2n) is 6.90. The van der Waals surface area contributed by atoms with Gasteiger partial charge in [-0.3, -0.25) is 9.59 Å². The molecule has 6 nitrogen and oxygen atoms in total. The molecule has 3 aromatic rings. The second-order valence-corrected chi connectivity index (χ2v) is 6.90. The first-order valence-electron chi connectivity index (χ1n) is 9.83. The Bertz CT molecular complexity index is 1140. The minimum Gasteiger partial charge on any atom is -0.480 e. The Hall–Kier alpha value is -4.11. The van der Waals surface area contributed by atoms with Gasteiger partial charge < -0.3 is 10.1 Å². The van der Waals surface area contributed by atoms with Crippen LogP contribution in [0.1, 0.15) is 24.0 Å². The fourth-order valence-electron chi connectivity index (χ4n) is 2.97. The molecule has 0 saturated heterocycles. The van der Waals surface area contributed by atoms with E-state index in [2.05, 4.69) is 21.8 Å². The number of hydrazone groups is 1. The molecule has 3 aromatic carbocycles. The van der Waals surface area contributed by atoms with Gasteiger partial charge in [0.25, 0.3) is 0 Å². The number of fused-ring (bicyclic) bond motifs is 1. The lowest BCUT2D eigenvalue weighted by molar-refractivity contribution is -0.124. The zero-order valence-corrected chi connectivity index (χ0v) is 17.2. The lowest BCUT2D eigenvalue weighted by Crippen LogP contribution is -2.20. The maximum absolute atomic E-state index is 12.1. The molecule has 2 amide bonds. The number of anilines is 1. The molecule has 0 fully saturated rings. The topological polar surface area (TPSA) is 79.8 Å². The van der Waals surface area contributed by atoms with Crippen molar-refractivity contribution in [2.24, 2.45) is 5.10 Å². The van der Waals surface area contributed by atoms with Crippen LogP contribution in [0.3, 0.4) is 0 Å². The number of benzene rings is 3. The maximum Gasteiger partial charge on any atom is 0.240 e. The van der Waals surface area contributed by atoms with Crippen LogP contribution in [0.25, 0.3) is 10.8 Å². The first-order chi connectivity index (χ1) is 15.1. The Morgan fingerprint density at radius 1 is 1.03 bits per heavy atom. The highest BCUT2D eigenvalue weighted by Gasteiger charge is 2.09. The number of amides is 2. The molecule has 0 spiro atoms. The van der Waals surface area contributed by atoms with Crippen LogP contribution in [0.2, 0.25) is 0 Å². The predicted molar refractivity (Wildman–Crippen MR) is 123 cm³/mol. The van der Waals surface area contributed by atoms with Crippen molar-refractivity contribution >= 4 is 34.5 Å². The number of hydrogen-bond donors (Lipinski definition) is 2. The van der Waals surface area contributed by atoms with Crippen LogP contribution in [-0.2, 0) is 9.59 Å². The van der Waals surface area contributed by atoms with E-state index < -0.39 is 0 Å². The first-order valence-corrected chi connectivity index (χ1v) is 9.83. The fraction of sp³-hybridized carbons (Fsp3) is 0.160. The number of nitrogens with zero attached hydrogens (tertiary/aromatic N) is 1. The normalized spacial score (nSPS) is 10.6. The molecule has 3 rings (SSSR count). The van der Waals surface area contributed by atoms with Gasteiger partial charge in [0, 0.05) is 24.1 Å². The SMILES string of the molecule is C#CCOc1ccc2ccccc2c1C=NNC(=O)CCC(=O)Nc1ccc(C)cc1. The predicted octanol–water partition coefficient (Wildman–Crippen LogP) is 4.03. The van der Waals surface area contributed by atoms with Gasteiger partial charge in [0.2, 0.25) is 11.8 Å². The molecular formula is C25H23N3O3. The van der Waals surface area contributed by atoms with Crippen LogP contribution >= 0.6 is 0 Å². The summed E-state index contributed by atoms with van der Waals surface area (Å²) in [7, 11) is 0. The Kier molecular flexibility index (Phi) is 7.39. The van der Waals surface area contributed by atoms with Crippen molar-refractivity contribution in [2.45, 2.75) is 19.8 Å². The van der Waals surface area contributed by atoms with E-state index in [1.165, 1.54) is 6.21 Å². The molecular weight excluding hydrogens is 390 g/mol. The van der Waals surface area contributed by atoms with Crippen molar-refractivity contribution < 1.29 is 14.3 Å². The molecule has 0 aliphatic carbocycles. The molecule has 0 aliphatic heterocycles. The number of hydrogen-bond acceptors (Lipinski definition) is 4. The van der Waals surface area contributed by atoms with E-state index >= 15 is 0 Å². The average molecular weight is 413 g/mol. The lowest BCUT2D eigenvalue weighted by Gasteiger charge is -2.10.